The molecule has 1 fully saturated rings. The summed E-state index contributed by atoms with van der Waals surface area (Å²) >= 11 is 0. The Balaban J connectivity index is 2.06. The van der Waals surface area contributed by atoms with Gasteiger partial charge in [0.1, 0.15) is 16.9 Å². The van der Waals surface area contributed by atoms with Crippen LogP contribution in [0.5, 0.6) is 5.75 Å². The van der Waals surface area contributed by atoms with Crippen LogP contribution in [0.15, 0.2) is 29.1 Å². The average Bonchev–Trinajstić information content (AvgIpc) is 3.00. The maximum Gasteiger partial charge on any atom is 0.331 e. The highest BCUT2D eigenvalue weighted by molar-refractivity contribution is 6.00. The molecule has 0 unspecified atom stereocenters. The maximum absolute atomic E-state index is 13.2. The van der Waals surface area contributed by atoms with Crippen molar-refractivity contribution in [2.75, 3.05) is 14.2 Å². The molecule has 1 N–H and O–H groups in total. The molecular formula is C23H30N2O5. The summed E-state index contributed by atoms with van der Waals surface area (Å²) in [6, 6.07) is 7.03. The van der Waals surface area contributed by atoms with Crippen molar-refractivity contribution in [3.63, 3.8) is 0 Å². The number of amides is 1. The number of esters is 1. The molecule has 0 bridgehead atoms. The summed E-state index contributed by atoms with van der Waals surface area (Å²) in [7, 11) is 2.91. The van der Waals surface area contributed by atoms with E-state index in [1.165, 1.54) is 7.11 Å². The van der Waals surface area contributed by atoms with Crippen molar-refractivity contribution < 1.29 is 19.1 Å². The number of nitrogens with zero attached hydrogens (tertiary/aromatic N) is 1. The number of pyridine rings is 1. The highest BCUT2D eigenvalue weighted by atomic mass is 16.5. The van der Waals surface area contributed by atoms with E-state index in [9.17, 15) is 14.4 Å². The number of aromatic nitrogens is 1. The number of methoxy groups -OCH3 is 2. The van der Waals surface area contributed by atoms with Gasteiger partial charge in [-0.3, -0.25) is 9.59 Å². The SMILES string of the molecule is CCCn1c(=O)c(C(=O)NC2(C(=O)OC)CCCCCC2)cc2ccc(OC)cc21. The number of hydrogen-bond donors (Lipinski definition) is 1. The van der Waals surface area contributed by atoms with Gasteiger partial charge in [0, 0.05) is 12.6 Å². The smallest absolute Gasteiger partial charge is 0.331 e. The minimum absolute atomic E-state index is 0.0358. The van der Waals surface area contributed by atoms with Crippen LogP contribution < -0.4 is 15.6 Å². The second-order valence-corrected chi connectivity index (χ2v) is 7.88. The number of aryl methyl sites for hydroxylation is 1. The predicted molar refractivity (Wildman–Crippen MR) is 115 cm³/mol. The van der Waals surface area contributed by atoms with Crippen LogP contribution in [0.3, 0.4) is 0 Å². The number of rotatable bonds is 6. The quantitative estimate of drug-likeness (QED) is 0.578. The van der Waals surface area contributed by atoms with Gasteiger partial charge in [-0.1, -0.05) is 32.6 Å². The van der Waals surface area contributed by atoms with Gasteiger partial charge >= 0.3 is 5.97 Å². The van der Waals surface area contributed by atoms with Crippen molar-refractivity contribution in [2.45, 2.75) is 64.0 Å². The number of carbonyl (C=O) groups is 2. The third-order valence-electron chi connectivity index (χ3n) is 5.88. The van der Waals surface area contributed by atoms with E-state index in [4.69, 9.17) is 9.47 Å². The molecule has 1 aliphatic rings. The Bertz CT molecular complexity index is 987. The molecule has 1 saturated carbocycles. The van der Waals surface area contributed by atoms with Crippen LogP contribution in [0.4, 0.5) is 0 Å². The molecule has 3 rings (SSSR count). The molecule has 0 spiro atoms. The lowest BCUT2D eigenvalue weighted by atomic mass is 9.89. The Morgan fingerprint density at radius 3 is 2.40 bits per heavy atom. The zero-order valence-electron chi connectivity index (χ0n) is 18.0. The van der Waals surface area contributed by atoms with E-state index in [0.717, 1.165) is 43.0 Å². The number of hydrogen-bond acceptors (Lipinski definition) is 5. The summed E-state index contributed by atoms with van der Waals surface area (Å²) in [5.74, 6) is -0.334. The van der Waals surface area contributed by atoms with E-state index in [-0.39, 0.29) is 11.1 Å². The number of nitrogens with one attached hydrogen (secondary N) is 1. The Labute approximate surface area is 176 Å². The molecule has 1 amide bonds. The molecule has 2 aromatic rings. The average molecular weight is 415 g/mol. The third-order valence-corrected chi connectivity index (χ3v) is 5.88. The van der Waals surface area contributed by atoms with Crippen LogP contribution in [0.1, 0.15) is 62.2 Å². The Hall–Kier alpha value is -2.83. The molecule has 0 saturated heterocycles. The molecule has 1 heterocycles. The second-order valence-electron chi connectivity index (χ2n) is 7.88. The van der Waals surface area contributed by atoms with E-state index < -0.39 is 17.4 Å². The fourth-order valence-electron chi connectivity index (χ4n) is 4.28. The van der Waals surface area contributed by atoms with Crippen LogP contribution >= 0.6 is 0 Å². The lowest BCUT2D eigenvalue weighted by molar-refractivity contribution is -0.148. The van der Waals surface area contributed by atoms with E-state index in [0.29, 0.717) is 25.1 Å². The molecule has 162 valence electrons. The lowest BCUT2D eigenvalue weighted by Crippen LogP contribution is -2.55. The van der Waals surface area contributed by atoms with Crippen molar-refractivity contribution in [2.24, 2.45) is 0 Å². The summed E-state index contributed by atoms with van der Waals surface area (Å²) in [5, 5.41) is 3.65. The Morgan fingerprint density at radius 1 is 1.10 bits per heavy atom. The van der Waals surface area contributed by atoms with Gasteiger partial charge in [0.05, 0.1) is 19.7 Å². The first-order valence-corrected chi connectivity index (χ1v) is 10.6. The fourth-order valence-corrected chi connectivity index (χ4v) is 4.28. The fraction of sp³-hybridized carbons (Fsp3) is 0.522. The van der Waals surface area contributed by atoms with Crippen molar-refractivity contribution in [1.29, 1.82) is 0 Å². The first-order valence-electron chi connectivity index (χ1n) is 10.6. The van der Waals surface area contributed by atoms with Crippen molar-refractivity contribution in [3.05, 3.63) is 40.2 Å². The van der Waals surface area contributed by atoms with Crippen molar-refractivity contribution in [3.8, 4) is 5.75 Å². The molecule has 1 aliphatic carbocycles. The zero-order valence-corrected chi connectivity index (χ0v) is 18.0. The Kier molecular flexibility index (Phi) is 6.80. The molecule has 7 heteroatoms. The number of fused-ring (bicyclic) bond motifs is 1. The van der Waals surface area contributed by atoms with Gasteiger partial charge < -0.3 is 19.4 Å². The molecule has 0 aliphatic heterocycles. The molecule has 7 nitrogen and oxygen atoms in total. The van der Waals surface area contributed by atoms with Gasteiger partial charge in [-0.25, -0.2) is 4.79 Å². The molecule has 1 aromatic carbocycles. The maximum atomic E-state index is 13.2. The monoisotopic (exact) mass is 414 g/mol. The first-order chi connectivity index (χ1) is 14.5. The summed E-state index contributed by atoms with van der Waals surface area (Å²) in [6.07, 6.45) is 5.44. The van der Waals surface area contributed by atoms with Crippen molar-refractivity contribution in [1.82, 2.24) is 9.88 Å². The molecule has 0 atom stereocenters. The minimum atomic E-state index is -1.08. The van der Waals surface area contributed by atoms with Crippen LogP contribution in [-0.4, -0.2) is 36.2 Å². The second kappa shape index (κ2) is 9.32. The minimum Gasteiger partial charge on any atom is -0.497 e. The molecule has 1 aromatic heterocycles. The standard InChI is InChI=1S/C23H30N2O5/c1-4-13-25-19-15-17(29-2)10-9-16(19)14-18(21(25)27)20(26)24-23(22(28)30-3)11-7-5-6-8-12-23/h9-10,14-15H,4-8,11-13H2,1-3H3,(H,24,26). The van der Waals surface area contributed by atoms with Crippen LogP contribution in [0.2, 0.25) is 0 Å². The van der Waals surface area contributed by atoms with E-state index in [1.807, 2.05) is 13.0 Å². The van der Waals surface area contributed by atoms with Gasteiger partial charge in [0.2, 0.25) is 0 Å². The summed E-state index contributed by atoms with van der Waals surface area (Å²) in [4.78, 5) is 39.1. The normalized spacial score (nSPS) is 16.0. The Morgan fingerprint density at radius 2 is 1.80 bits per heavy atom. The van der Waals surface area contributed by atoms with E-state index in [2.05, 4.69) is 5.32 Å². The highest BCUT2D eigenvalue weighted by Crippen LogP contribution is 2.29. The van der Waals surface area contributed by atoms with Gasteiger partial charge in [0.15, 0.2) is 0 Å². The topological polar surface area (TPSA) is 86.6 Å². The van der Waals surface area contributed by atoms with Gasteiger partial charge in [0.25, 0.3) is 11.5 Å². The van der Waals surface area contributed by atoms with Crippen LogP contribution in [0.25, 0.3) is 10.9 Å². The molecular weight excluding hydrogens is 384 g/mol. The van der Waals surface area contributed by atoms with Crippen LogP contribution in [-0.2, 0) is 16.1 Å². The highest BCUT2D eigenvalue weighted by Gasteiger charge is 2.41. The third kappa shape index (κ3) is 4.20. The predicted octanol–water partition coefficient (Wildman–Crippen LogP) is 3.42. The first kappa shape index (κ1) is 21.9. The van der Waals surface area contributed by atoms with Gasteiger partial charge in [-0.2, -0.15) is 0 Å². The largest absolute Gasteiger partial charge is 0.497 e. The van der Waals surface area contributed by atoms with Gasteiger partial charge in [-0.05, 0) is 42.8 Å². The van der Waals surface area contributed by atoms with Gasteiger partial charge in [-0.15, -0.1) is 0 Å². The van der Waals surface area contributed by atoms with E-state index >= 15 is 0 Å². The number of ether oxygens (including phenoxy) is 2. The van der Waals surface area contributed by atoms with Crippen LogP contribution in [0, 0.1) is 0 Å². The number of benzene rings is 1. The van der Waals surface area contributed by atoms with Crippen molar-refractivity contribution >= 4 is 22.8 Å². The molecule has 0 radical (unpaired) electrons. The lowest BCUT2D eigenvalue weighted by Gasteiger charge is -2.31. The number of carbonyl (C=O) groups excluding carboxylic acids is 2. The summed E-state index contributed by atoms with van der Waals surface area (Å²) in [6.45, 7) is 2.45. The summed E-state index contributed by atoms with van der Waals surface area (Å²) in [5.41, 5.74) is -0.702. The zero-order chi connectivity index (χ0) is 21.7. The molecule has 30 heavy (non-hydrogen) atoms. The summed E-state index contributed by atoms with van der Waals surface area (Å²) < 4.78 is 11.9. The van der Waals surface area contributed by atoms with E-state index in [1.54, 1.807) is 29.9 Å².